The second kappa shape index (κ2) is 5.23. The van der Waals surface area contributed by atoms with Gasteiger partial charge >= 0.3 is 0 Å². The maximum atomic E-state index is 13.6. The molecule has 0 aliphatic rings. The molecule has 0 aromatic heterocycles. The first-order valence-electron chi connectivity index (χ1n) is 5.45. The van der Waals surface area contributed by atoms with Crippen molar-refractivity contribution in [3.63, 3.8) is 0 Å². The van der Waals surface area contributed by atoms with Crippen LogP contribution in [0.25, 0.3) is 0 Å². The van der Waals surface area contributed by atoms with Gasteiger partial charge in [0, 0.05) is 15.4 Å². The van der Waals surface area contributed by atoms with Crippen molar-refractivity contribution in [2.45, 2.75) is 16.7 Å². The van der Waals surface area contributed by atoms with Gasteiger partial charge in [0.25, 0.3) is 0 Å². The van der Waals surface area contributed by atoms with E-state index in [2.05, 4.69) is 0 Å². The monoisotopic (exact) mass is 260 g/mol. The second-order valence-electron chi connectivity index (χ2n) is 3.95. The SMILES string of the molecule is Cc1ccc(Sc2ccccc2F)c(C(=N)N)c1. The van der Waals surface area contributed by atoms with Crippen LogP contribution >= 0.6 is 11.8 Å². The van der Waals surface area contributed by atoms with E-state index in [0.717, 1.165) is 10.5 Å². The van der Waals surface area contributed by atoms with Crippen LogP contribution in [0.15, 0.2) is 52.3 Å². The Morgan fingerprint density at radius 3 is 2.56 bits per heavy atom. The highest BCUT2D eigenvalue weighted by Crippen LogP contribution is 2.32. The van der Waals surface area contributed by atoms with Crippen molar-refractivity contribution in [1.82, 2.24) is 0 Å². The summed E-state index contributed by atoms with van der Waals surface area (Å²) in [5, 5.41) is 7.56. The lowest BCUT2D eigenvalue weighted by atomic mass is 10.1. The largest absolute Gasteiger partial charge is 0.384 e. The molecule has 0 amide bonds. The quantitative estimate of drug-likeness (QED) is 0.654. The molecule has 0 aliphatic heterocycles. The summed E-state index contributed by atoms with van der Waals surface area (Å²) in [6.45, 7) is 1.93. The Hall–Kier alpha value is -1.81. The summed E-state index contributed by atoms with van der Waals surface area (Å²) in [5.41, 5.74) is 7.22. The minimum Gasteiger partial charge on any atom is -0.384 e. The van der Waals surface area contributed by atoms with Crippen LogP contribution in [0.5, 0.6) is 0 Å². The molecule has 0 atom stereocenters. The number of rotatable bonds is 3. The molecule has 2 rings (SSSR count). The summed E-state index contributed by atoms with van der Waals surface area (Å²) in [6, 6.07) is 12.2. The molecule has 0 radical (unpaired) electrons. The predicted octanol–water partition coefficient (Wildman–Crippen LogP) is 3.57. The highest BCUT2D eigenvalue weighted by atomic mass is 32.2. The number of nitrogen functional groups attached to an aromatic ring is 1. The molecule has 2 aromatic carbocycles. The van der Waals surface area contributed by atoms with Crippen LogP contribution in [0, 0.1) is 18.2 Å². The molecule has 18 heavy (non-hydrogen) atoms. The highest BCUT2D eigenvalue weighted by Gasteiger charge is 2.09. The van der Waals surface area contributed by atoms with E-state index in [1.165, 1.54) is 17.8 Å². The van der Waals surface area contributed by atoms with Crippen LogP contribution in [-0.4, -0.2) is 5.84 Å². The van der Waals surface area contributed by atoms with Crippen LogP contribution in [0.2, 0.25) is 0 Å². The number of nitrogens with two attached hydrogens (primary N) is 1. The highest BCUT2D eigenvalue weighted by molar-refractivity contribution is 7.99. The molecule has 0 bridgehead atoms. The van der Waals surface area contributed by atoms with Crippen molar-refractivity contribution in [1.29, 1.82) is 5.41 Å². The Bertz CT molecular complexity index is 596. The molecule has 0 spiro atoms. The van der Waals surface area contributed by atoms with Gasteiger partial charge in [0.1, 0.15) is 11.7 Å². The molecule has 2 nitrogen and oxygen atoms in total. The summed E-state index contributed by atoms with van der Waals surface area (Å²) >= 11 is 1.28. The number of aryl methyl sites for hydroxylation is 1. The van der Waals surface area contributed by atoms with Crippen molar-refractivity contribution < 1.29 is 4.39 Å². The molecule has 0 saturated carbocycles. The van der Waals surface area contributed by atoms with Crippen LogP contribution in [-0.2, 0) is 0 Å². The third kappa shape index (κ3) is 2.71. The number of hydrogen-bond acceptors (Lipinski definition) is 2. The van der Waals surface area contributed by atoms with E-state index in [1.807, 2.05) is 25.1 Å². The van der Waals surface area contributed by atoms with E-state index < -0.39 is 0 Å². The van der Waals surface area contributed by atoms with Gasteiger partial charge in [-0.25, -0.2) is 4.39 Å². The van der Waals surface area contributed by atoms with Gasteiger partial charge in [0.05, 0.1) is 0 Å². The Morgan fingerprint density at radius 1 is 1.17 bits per heavy atom. The molecule has 92 valence electrons. The first-order chi connectivity index (χ1) is 8.58. The molecule has 2 aromatic rings. The van der Waals surface area contributed by atoms with E-state index >= 15 is 0 Å². The molecule has 0 saturated heterocycles. The summed E-state index contributed by atoms with van der Waals surface area (Å²) in [6.07, 6.45) is 0. The van der Waals surface area contributed by atoms with Crippen molar-refractivity contribution in [3.8, 4) is 0 Å². The first-order valence-corrected chi connectivity index (χ1v) is 6.27. The van der Waals surface area contributed by atoms with E-state index in [0.29, 0.717) is 10.5 Å². The van der Waals surface area contributed by atoms with Gasteiger partial charge in [0.2, 0.25) is 0 Å². The van der Waals surface area contributed by atoms with Crippen molar-refractivity contribution in [2.24, 2.45) is 5.73 Å². The van der Waals surface area contributed by atoms with Crippen LogP contribution < -0.4 is 5.73 Å². The van der Waals surface area contributed by atoms with E-state index in [1.54, 1.807) is 18.2 Å². The van der Waals surface area contributed by atoms with Crippen molar-refractivity contribution in [3.05, 3.63) is 59.4 Å². The minimum absolute atomic E-state index is 0.00228. The maximum Gasteiger partial charge on any atom is 0.137 e. The molecule has 4 heteroatoms. The fourth-order valence-corrected chi connectivity index (χ4v) is 2.55. The zero-order chi connectivity index (χ0) is 13.1. The van der Waals surface area contributed by atoms with Gasteiger partial charge in [-0.3, -0.25) is 5.41 Å². The third-order valence-electron chi connectivity index (χ3n) is 2.48. The van der Waals surface area contributed by atoms with Gasteiger partial charge in [0.15, 0.2) is 0 Å². The normalized spacial score (nSPS) is 10.3. The van der Waals surface area contributed by atoms with Crippen LogP contribution in [0.4, 0.5) is 4.39 Å². The molecular weight excluding hydrogens is 247 g/mol. The predicted molar refractivity (Wildman–Crippen MR) is 72.7 cm³/mol. The third-order valence-corrected chi connectivity index (χ3v) is 3.61. The smallest absolute Gasteiger partial charge is 0.137 e. The van der Waals surface area contributed by atoms with Gasteiger partial charge in [-0.15, -0.1) is 0 Å². The standard InChI is InChI=1S/C14H13FN2S/c1-9-6-7-12(10(8-9)14(16)17)18-13-5-3-2-4-11(13)15/h2-8H,1H3,(H3,16,17). The van der Waals surface area contributed by atoms with Gasteiger partial charge in [-0.05, 0) is 31.2 Å². The topological polar surface area (TPSA) is 49.9 Å². The summed E-state index contributed by atoms with van der Waals surface area (Å²) < 4.78 is 13.6. The summed E-state index contributed by atoms with van der Waals surface area (Å²) in [5.74, 6) is -0.268. The molecule has 3 N–H and O–H groups in total. The lowest BCUT2D eigenvalue weighted by Gasteiger charge is -2.09. The van der Waals surface area contributed by atoms with Crippen LogP contribution in [0.1, 0.15) is 11.1 Å². The fourth-order valence-electron chi connectivity index (χ4n) is 1.59. The molecule has 0 unspecified atom stereocenters. The van der Waals surface area contributed by atoms with E-state index in [9.17, 15) is 4.39 Å². The Morgan fingerprint density at radius 2 is 1.89 bits per heavy atom. The molecular formula is C14H13FN2S. The Kier molecular flexibility index (Phi) is 3.67. The zero-order valence-corrected chi connectivity index (χ0v) is 10.7. The van der Waals surface area contributed by atoms with Crippen molar-refractivity contribution in [2.75, 3.05) is 0 Å². The molecule has 0 heterocycles. The number of hydrogen-bond donors (Lipinski definition) is 2. The summed E-state index contributed by atoms with van der Waals surface area (Å²) in [7, 11) is 0. The van der Waals surface area contributed by atoms with Crippen molar-refractivity contribution >= 4 is 17.6 Å². The average molecular weight is 260 g/mol. The van der Waals surface area contributed by atoms with E-state index in [4.69, 9.17) is 11.1 Å². The molecule has 0 fully saturated rings. The second-order valence-corrected chi connectivity index (χ2v) is 5.03. The summed E-state index contributed by atoms with van der Waals surface area (Å²) in [4.78, 5) is 1.32. The first kappa shape index (κ1) is 12.6. The lowest BCUT2D eigenvalue weighted by molar-refractivity contribution is 0.602. The van der Waals surface area contributed by atoms with Crippen LogP contribution in [0.3, 0.4) is 0 Å². The van der Waals surface area contributed by atoms with Gasteiger partial charge in [-0.2, -0.15) is 0 Å². The number of amidine groups is 1. The number of halogens is 1. The number of benzene rings is 2. The van der Waals surface area contributed by atoms with Gasteiger partial charge < -0.3 is 5.73 Å². The Balaban J connectivity index is 2.41. The average Bonchev–Trinajstić information content (AvgIpc) is 2.34. The number of nitrogens with one attached hydrogen (secondary N) is 1. The zero-order valence-electron chi connectivity index (χ0n) is 9.91. The molecule has 0 aliphatic carbocycles. The van der Waals surface area contributed by atoms with E-state index in [-0.39, 0.29) is 11.7 Å². The maximum absolute atomic E-state index is 13.6. The Labute approximate surface area is 110 Å². The fraction of sp³-hybridized carbons (Fsp3) is 0.0714. The lowest BCUT2D eigenvalue weighted by Crippen LogP contribution is -2.12. The minimum atomic E-state index is -0.266. The van der Waals surface area contributed by atoms with Gasteiger partial charge in [-0.1, -0.05) is 35.5 Å².